The quantitative estimate of drug-likeness (QED) is 0.673. The van der Waals surface area contributed by atoms with E-state index in [9.17, 15) is 4.79 Å². The number of rotatable bonds is 5. The number of hydrogen-bond donors (Lipinski definition) is 2. The molecule has 0 fully saturated rings. The summed E-state index contributed by atoms with van der Waals surface area (Å²) in [5, 5.41) is 6.15. The molecule has 4 rings (SSSR count). The highest BCUT2D eigenvalue weighted by Crippen LogP contribution is 2.33. The maximum Gasteiger partial charge on any atom is 0.323 e. The number of hydrogen-bond acceptors (Lipinski definition) is 4. The van der Waals surface area contributed by atoms with Gasteiger partial charge in [0, 0.05) is 24.1 Å². The molecule has 6 heteroatoms. The van der Waals surface area contributed by atoms with Gasteiger partial charge in [0.05, 0.1) is 12.1 Å². The van der Waals surface area contributed by atoms with E-state index in [-0.39, 0.29) is 6.03 Å². The van der Waals surface area contributed by atoms with Crippen molar-refractivity contribution in [3.05, 3.63) is 72.4 Å². The van der Waals surface area contributed by atoms with Gasteiger partial charge in [0.1, 0.15) is 17.3 Å². The second-order valence-electron chi connectivity index (χ2n) is 6.20. The third-order valence-electron chi connectivity index (χ3n) is 4.40. The Balaban J connectivity index is 1.52. The lowest BCUT2D eigenvalue weighted by Crippen LogP contribution is -2.38. The summed E-state index contributed by atoms with van der Waals surface area (Å²) < 4.78 is 6.06. The summed E-state index contributed by atoms with van der Waals surface area (Å²) in [6.07, 6.45) is 1.64. The Morgan fingerprint density at radius 1 is 1.07 bits per heavy atom. The van der Waals surface area contributed by atoms with Crippen LogP contribution >= 0.6 is 0 Å². The summed E-state index contributed by atoms with van der Waals surface area (Å²) in [5.41, 5.74) is 2.89. The number of pyridine rings is 1. The number of amides is 2. The van der Waals surface area contributed by atoms with Crippen molar-refractivity contribution in [3.8, 4) is 11.5 Å². The molecule has 27 heavy (non-hydrogen) atoms. The molecule has 3 aromatic rings. The van der Waals surface area contributed by atoms with Gasteiger partial charge in [0.25, 0.3) is 0 Å². The molecule has 0 radical (unpaired) electrons. The zero-order valence-electron chi connectivity index (χ0n) is 15.0. The van der Waals surface area contributed by atoms with E-state index in [0.29, 0.717) is 24.7 Å². The predicted octanol–water partition coefficient (Wildman–Crippen LogP) is 4.98. The highest BCUT2D eigenvalue weighted by molar-refractivity contribution is 5.91. The fourth-order valence-corrected chi connectivity index (χ4v) is 2.95. The number of anilines is 3. The summed E-state index contributed by atoms with van der Waals surface area (Å²) in [7, 11) is 0. The van der Waals surface area contributed by atoms with Crippen molar-refractivity contribution in [2.45, 2.75) is 13.5 Å². The number of nitrogens with zero attached hydrogens (tertiary/aromatic N) is 2. The van der Waals surface area contributed by atoms with E-state index >= 15 is 0 Å². The number of para-hydroxylation sites is 1. The van der Waals surface area contributed by atoms with Crippen molar-refractivity contribution in [1.82, 2.24) is 9.88 Å². The standard InChI is InChI=1S/C21H20N4O2/c1-2-25-14-18-19(12-13-22-20(18)24-21(25)26)27-17-10-8-16(9-11-17)23-15-6-4-3-5-7-15/h3-13,23H,2,14H2,1H3,(H,22,24,26). The number of nitrogens with one attached hydrogen (secondary N) is 2. The number of ether oxygens (including phenoxy) is 1. The van der Waals surface area contributed by atoms with E-state index in [0.717, 1.165) is 22.7 Å². The number of benzene rings is 2. The van der Waals surface area contributed by atoms with Gasteiger partial charge in [0.15, 0.2) is 0 Å². The number of aromatic nitrogens is 1. The molecule has 0 aliphatic carbocycles. The van der Waals surface area contributed by atoms with Crippen LogP contribution in [0.25, 0.3) is 0 Å². The van der Waals surface area contributed by atoms with Crippen LogP contribution < -0.4 is 15.4 Å². The highest BCUT2D eigenvalue weighted by Gasteiger charge is 2.25. The van der Waals surface area contributed by atoms with Crippen LogP contribution in [0.5, 0.6) is 11.5 Å². The summed E-state index contributed by atoms with van der Waals surface area (Å²) in [6, 6.07) is 19.4. The van der Waals surface area contributed by atoms with Crippen molar-refractivity contribution in [1.29, 1.82) is 0 Å². The van der Waals surface area contributed by atoms with E-state index < -0.39 is 0 Å². The summed E-state index contributed by atoms with van der Waals surface area (Å²) >= 11 is 0. The number of fused-ring (bicyclic) bond motifs is 1. The van der Waals surface area contributed by atoms with E-state index in [2.05, 4.69) is 15.6 Å². The molecule has 6 nitrogen and oxygen atoms in total. The van der Waals surface area contributed by atoms with Crippen LogP contribution in [-0.2, 0) is 6.54 Å². The smallest absolute Gasteiger partial charge is 0.323 e. The molecule has 2 amide bonds. The van der Waals surface area contributed by atoms with E-state index in [1.54, 1.807) is 11.1 Å². The lowest BCUT2D eigenvalue weighted by atomic mass is 10.2. The largest absolute Gasteiger partial charge is 0.457 e. The van der Waals surface area contributed by atoms with E-state index in [1.165, 1.54) is 0 Å². The van der Waals surface area contributed by atoms with Crippen LogP contribution in [0.3, 0.4) is 0 Å². The van der Waals surface area contributed by atoms with Gasteiger partial charge in [-0.2, -0.15) is 0 Å². The first-order valence-corrected chi connectivity index (χ1v) is 8.86. The van der Waals surface area contributed by atoms with Crippen LogP contribution in [0.15, 0.2) is 66.9 Å². The second kappa shape index (κ2) is 7.37. The van der Waals surface area contributed by atoms with Gasteiger partial charge < -0.3 is 15.0 Å². The minimum atomic E-state index is -0.133. The summed E-state index contributed by atoms with van der Waals surface area (Å²) in [4.78, 5) is 17.9. The highest BCUT2D eigenvalue weighted by atomic mass is 16.5. The van der Waals surface area contributed by atoms with Gasteiger partial charge in [-0.05, 0) is 49.4 Å². The van der Waals surface area contributed by atoms with E-state index in [4.69, 9.17) is 4.74 Å². The van der Waals surface area contributed by atoms with Gasteiger partial charge >= 0.3 is 6.03 Å². The third kappa shape index (κ3) is 3.69. The van der Waals surface area contributed by atoms with Crippen LogP contribution in [-0.4, -0.2) is 22.5 Å². The topological polar surface area (TPSA) is 66.5 Å². The lowest BCUT2D eigenvalue weighted by molar-refractivity contribution is 0.209. The second-order valence-corrected chi connectivity index (χ2v) is 6.20. The normalized spacial score (nSPS) is 12.9. The first kappa shape index (κ1) is 16.9. The maximum atomic E-state index is 12.0. The molecular weight excluding hydrogens is 340 g/mol. The third-order valence-corrected chi connectivity index (χ3v) is 4.40. The van der Waals surface area contributed by atoms with Crippen LogP contribution in [0.1, 0.15) is 12.5 Å². The molecule has 1 aliphatic rings. The minimum Gasteiger partial charge on any atom is -0.457 e. The monoisotopic (exact) mass is 360 g/mol. The molecular formula is C21H20N4O2. The molecule has 1 aromatic heterocycles. The molecule has 0 unspecified atom stereocenters. The fourth-order valence-electron chi connectivity index (χ4n) is 2.95. The van der Waals surface area contributed by atoms with Crippen molar-refractivity contribution >= 4 is 23.2 Å². The Bertz CT molecular complexity index is 942. The molecule has 0 atom stereocenters. The molecule has 2 aromatic carbocycles. The lowest BCUT2D eigenvalue weighted by Gasteiger charge is -2.28. The van der Waals surface area contributed by atoms with Gasteiger partial charge in [0.2, 0.25) is 0 Å². The molecule has 2 heterocycles. The van der Waals surface area contributed by atoms with Gasteiger partial charge in [-0.25, -0.2) is 9.78 Å². The van der Waals surface area contributed by atoms with E-state index in [1.807, 2.05) is 67.6 Å². The Labute approximate surface area is 157 Å². The molecule has 0 spiro atoms. The summed E-state index contributed by atoms with van der Waals surface area (Å²) in [6.45, 7) is 3.05. The van der Waals surface area contributed by atoms with Crippen molar-refractivity contribution in [3.63, 3.8) is 0 Å². The fraction of sp³-hybridized carbons (Fsp3) is 0.143. The van der Waals surface area contributed by atoms with Gasteiger partial charge in [-0.15, -0.1) is 0 Å². The predicted molar refractivity (Wildman–Crippen MR) is 106 cm³/mol. The molecule has 136 valence electrons. The number of urea groups is 1. The molecule has 0 saturated heterocycles. The summed E-state index contributed by atoms with van der Waals surface area (Å²) in [5.74, 6) is 1.98. The number of carbonyl (C=O) groups excluding carboxylic acids is 1. The van der Waals surface area contributed by atoms with Crippen molar-refractivity contribution in [2.75, 3.05) is 17.2 Å². The van der Waals surface area contributed by atoms with Gasteiger partial charge in [-0.3, -0.25) is 5.32 Å². The number of carbonyl (C=O) groups is 1. The zero-order chi connectivity index (χ0) is 18.6. The molecule has 0 bridgehead atoms. The Kier molecular flexibility index (Phi) is 4.61. The molecule has 1 aliphatic heterocycles. The van der Waals surface area contributed by atoms with Crippen LogP contribution in [0.2, 0.25) is 0 Å². The average molecular weight is 360 g/mol. The van der Waals surface area contributed by atoms with Gasteiger partial charge in [-0.1, -0.05) is 18.2 Å². The van der Waals surface area contributed by atoms with Crippen LogP contribution in [0, 0.1) is 0 Å². The first-order chi connectivity index (χ1) is 13.2. The average Bonchev–Trinajstić information content (AvgIpc) is 2.70. The van der Waals surface area contributed by atoms with Crippen molar-refractivity contribution < 1.29 is 9.53 Å². The van der Waals surface area contributed by atoms with Crippen molar-refractivity contribution in [2.24, 2.45) is 0 Å². The minimum absolute atomic E-state index is 0.133. The Morgan fingerprint density at radius 3 is 2.56 bits per heavy atom. The molecule has 2 N–H and O–H groups in total. The van der Waals surface area contributed by atoms with Crippen LogP contribution in [0.4, 0.5) is 22.0 Å². The Morgan fingerprint density at radius 2 is 1.81 bits per heavy atom. The zero-order valence-corrected chi connectivity index (χ0v) is 15.0. The SMILES string of the molecule is CCN1Cc2c(Oc3ccc(Nc4ccccc4)cc3)ccnc2NC1=O. The maximum absolute atomic E-state index is 12.0. The Hall–Kier alpha value is -3.54. The molecule has 0 saturated carbocycles. The first-order valence-electron chi connectivity index (χ1n) is 8.86.